The Bertz CT molecular complexity index is 319. The zero-order valence-electron chi connectivity index (χ0n) is 7.80. The number of anilines is 1. The second-order valence-corrected chi connectivity index (χ2v) is 4.74. The lowest BCUT2D eigenvalue weighted by Gasteiger charge is -2.10. The smallest absolute Gasteiger partial charge is 0.205 e. The van der Waals surface area contributed by atoms with E-state index in [0.29, 0.717) is 6.04 Å². The summed E-state index contributed by atoms with van der Waals surface area (Å²) in [5.74, 6) is 0. The van der Waals surface area contributed by atoms with Crippen LogP contribution < -0.4 is 5.32 Å². The Morgan fingerprint density at radius 2 is 2.50 bits per heavy atom. The van der Waals surface area contributed by atoms with Gasteiger partial charge in [0.15, 0.2) is 0 Å². The molecule has 3 nitrogen and oxygen atoms in total. The van der Waals surface area contributed by atoms with Crippen LogP contribution in [0.5, 0.6) is 0 Å². The Morgan fingerprint density at radius 1 is 1.57 bits per heavy atom. The Morgan fingerprint density at radius 3 is 3.14 bits per heavy atom. The van der Waals surface area contributed by atoms with Gasteiger partial charge >= 0.3 is 0 Å². The molecule has 2 rings (SSSR count). The van der Waals surface area contributed by atoms with Crippen LogP contribution >= 0.6 is 22.7 Å². The fourth-order valence-corrected chi connectivity index (χ4v) is 2.50. The third kappa shape index (κ3) is 2.52. The van der Waals surface area contributed by atoms with Crippen LogP contribution in [-0.4, -0.2) is 16.2 Å². The van der Waals surface area contributed by atoms with E-state index < -0.39 is 0 Å². The topological polar surface area (TPSA) is 37.8 Å². The molecule has 0 amide bonds. The summed E-state index contributed by atoms with van der Waals surface area (Å²) >= 11 is 3.27. The quantitative estimate of drug-likeness (QED) is 0.869. The molecule has 2 heterocycles. The molecule has 0 spiro atoms. The van der Waals surface area contributed by atoms with Crippen LogP contribution in [0.2, 0.25) is 0 Å². The standard InChI is InChI=1S/C9H11N3S2/c1-7(4-8-2-3-13-5-8)11-9-12-10-6-14-9/h2-3,5-7H,4H2,1H3,(H,11,12). The number of nitrogens with zero attached hydrogens (tertiary/aromatic N) is 2. The summed E-state index contributed by atoms with van der Waals surface area (Å²) < 4.78 is 0. The van der Waals surface area contributed by atoms with E-state index in [4.69, 9.17) is 0 Å². The Kier molecular flexibility index (Phi) is 3.10. The van der Waals surface area contributed by atoms with Crippen LogP contribution in [0.15, 0.2) is 22.3 Å². The van der Waals surface area contributed by atoms with Crippen molar-refractivity contribution in [2.45, 2.75) is 19.4 Å². The van der Waals surface area contributed by atoms with Gasteiger partial charge in [0.2, 0.25) is 5.13 Å². The second-order valence-electron chi connectivity index (χ2n) is 3.12. The molecule has 1 atom stereocenters. The Balaban J connectivity index is 1.88. The van der Waals surface area contributed by atoms with Gasteiger partial charge in [0.25, 0.3) is 0 Å². The molecule has 74 valence electrons. The minimum Gasteiger partial charge on any atom is -0.357 e. The largest absolute Gasteiger partial charge is 0.357 e. The summed E-state index contributed by atoms with van der Waals surface area (Å²) in [7, 11) is 0. The molecule has 1 N–H and O–H groups in total. The summed E-state index contributed by atoms with van der Waals surface area (Å²) in [6, 6.07) is 2.56. The number of hydrogen-bond donors (Lipinski definition) is 1. The molecule has 0 bridgehead atoms. The summed E-state index contributed by atoms with van der Waals surface area (Å²) in [5, 5.41) is 16.2. The molecule has 0 fully saturated rings. The van der Waals surface area contributed by atoms with E-state index in [1.54, 1.807) is 16.8 Å². The van der Waals surface area contributed by atoms with Crippen molar-refractivity contribution >= 4 is 27.8 Å². The second kappa shape index (κ2) is 4.52. The summed E-state index contributed by atoms with van der Waals surface area (Å²) in [6.45, 7) is 2.15. The molecule has 0 aromatic carbocycles. The molecule has 0 saturated carbocycles. The van der Waals surface area contributed by atoms with Gasteiger partial charge in [0, 0.05) is 6.04 Å². The highest BCUT2D eigenvalue weighted by Gasteiger charge is 2.05. The fourth-order valence-electron chi connectivity index (χ4n) is 1.26. The lowest BCUT2D eigenvalue weighted by Crippen LogP contribution is -2.17. The Hall–Kier alpha value is -0.940. The van der Waals surface area contributed by atoms with Crippen molar-refractivity contribution in [3.63, 3.8) is 0 Å². The van der Waals surface area contributed by atoms with Crippen LogP contribution in [0.25, 0.3) is 0 Å². The first-order valence-corrected chi connectivity index (χ1v) is 6.20. The van der Waals surface area contributed by atoms with Gasteiger partial charge in [0.1, 0.15) is 5.51 Å². The third-order valence-electron chi connectivity index (χ3n) is 1.85. The van der Waals surface area contributed by atoms with Crippen molar-refractivity contribution in [1.82, 2.24) is 10.2 Å². The highest BCUT2D eigenvalue weighted by Crippen LogP contribution is 2.13. The number of hydrogen-bond acceptors (Lipinski definition) is 5. The van der Waals surface area contributed by atoms with E-state index in [1.165, 1.54) is 16.9 Å². The van der Waals surface area contributed by atoms with Gasteiger partial charge in [-0.05, 0) is 35.7 Å². The number of nitrogens with one attached hydrogen (secondary N) is 1. The fraction of sp³-hybridized carbons (Fsp3) is 0.333. The van der Waals surface area contributed by atoms with Gasteiger partial charge in [-0.1, -0.05) is 11.3 Å². The molecule has 5 heteroatoms. The van der Waals surface area contributed by atoms with Gasteiger partial charge in [-0.2, -0.15) is 11.3 Å². The summed E-state index contributed by atoms with van der Waals surface area (Å²) in [6.07, 6.45) is 1.03. The SMILES string of the molecule is CC(Cc1ccsc1)Nc1nncs1. The van der Waals surface area contributed by atoms with Gasteiger partial charge in [-0.25, -0.2) is 0 Å². The van der Waals surface area contributed by atoms with E-state index in [9.17, 15) is 0 Å². The highest BCUT2D eigenvalue weighted by atomic mass is 32.1. The van der Waals surface area contributed by atoms with E-state index in [0.717, 1.165) is 11.6 Å². The highest BCUT2D eigenvalue weighted by molar-refractivity contribution is 7.13. The average Bonchev–Trinajstić information content (AvgIpc) is 2.76. The predicted octanol–water partition coefficient (Wildman–Crippen LogP) is 2.64. The maximum absolute atomic E-state index is 3.95. The average molecular weight is 225 g/mol. The molecule has 14 heavy (non-hydrogen) atoms. The van der Waals surface area contributed by atoms with E-state index in [1.807, 2.05) is 0 Å². The Labute approximate surface area is 90.8 Å². The number of rotatable bonds is 4. The monoisotopic (exact) mass is 225 g/mol. The van der Waals surface area contributed by atoms with Crippen LogP contribution in [0, 0.1) is 0 Å². The van der Waals surface area contributed by atoms with Crippen LogP contribution in [-0.2, 0) is 6.42 Å². The summed E-state index contributed by atoms with van der Waals surface area (Å²) in [4.78, 5) is 0. The van der Waals surface area contributed by atoms with Gasteiger partial charge in [-0.15, -0.1) is 10.2 Å². The zero-order valence-corrected chi connectivity index (χ0v) is 9.44. The molecule has 0 aliphatic heterocycles. The molecule has 0 aliphatic rings. The number of thiophene rings is 1. The summed E-state index contributed by atoms with van der Waals surface area (Å²) in [5.41, 5.74) is 3.11. The minimum absolute atomic E-state index is 0.401. The van der Waals surface area contributed by atoms with Gasteiger partial charge < -0.3 is 5.32 Å². The van der Waals surface area contributed by atoms with Crippen molar-refractivity contribution in [3.05, 3.63) is 27.9 Å². The molecule has 2 aromatic heterocycles. The normalized spacial score (nSPS) is 12.6. The molecule has 0 radical (unpaired) electrons. The molecule has 2 aromatic rings. The van der Waals surface area contributed by atoms with E-state index in [-0.39, 0.29) is 0 Å². The maximum atomic E-state index is 3.95. The van der Waals surface area contributed by atoms with Crippen molar-refractivity contribution in [2.24, 2.45) is 0 Å². The molecule has 0 aliphatic carbocycles. The minimum atomic E-state index is 0.401. The van der Waals surface area contributed by atoms with Crippen molar-refractivity contribution in [2.75, 3.05) is 5.32 Å². The van der Waals surface area contributed by atoms with E-state index in [2.05, 4.69) is 39.3 Å². The van der Waals surface area contributed by atoms with Crippen LogP contribution in [0.3, 0.4) is 0 Å². The van der Waals surface area contributed by atoms with Crippen molar-refractivity contribution in [3.8, 4) is 0 Å². The first-order valence-electron chi connectivity index (χ1n) is 4.38. The van der Waals surface area contributed by atoms with E-state index >= 15 is 0 Å². The molecular formula is C9H11N3S2. The lowest BCUT2D eigenvalue weighted by atomic mass is 10.1. The maximum Gasteiger partial charge on any atom is 0.205 e. The lowest BCUT2D eigenvalue weighted by molar-refractivity contribution is 0.788. The zero-order chi connectivity index (χ0) is 9.80. The molecule has 0 saturated heterocycles. The van der Waals surface area contributed by atoms with Crippen LogP contribution in [0.4, 0.5) is 5.13 Å². The molecule has 1 unspecified atom stereocenters. The van der Waals surface area contributed by atoms with Crippen LogP contribution in [0.1, 0.15) is 12.5 Å². The predicted molar refractivity (Wildman–Crippen MR) is 61.0 cm³/mol. The van der Waals surface area contributed by atoms with Crippen molar-refractivity contribution in [1.29, 1.82) is 0 Å². The third-order valence-corrected chi connectivity index (χ3v) is 3.21. The molecular weight excluding hydrogens is 214 g/mol. The van der Waals surface area contributed by atoms with Crippen molar-refractivity contribution < 1.29 is 0 Å². The first-order chi connectivity index (χ1) is 6.84. The van der Waals surface area contributed by atoms with Gasteiger partial charge in [0.05, 0.1) is 0 Å². The van der Waals surface area contributed by atoms with Gasteiger partial charge in [-0.3, -0.25) is 0 Å². The first kappa shape index (κ1) is 9.61. The number of aromatic nitrogens is 2.